The average molecular weight is 903 g/mol. The molecule has 0 aromatic heterocycles. The third-order valence-electron chi connectivity index (χ3n) is 8.26. The molecule has 0 radical (unpaired) electrons. The summed E-state index contributed by atoms with van der Waals surface area (Å²) in [5.41, 5.74) is 5.75. The third-order valence-corrected chi connectivity index (χ3v) is 8.26. The number of aliphatic hydroxyl groups is 1. The van der Waals surface area contributed by atoms with Gasteiger partial charge in [-0.25, -0.2) is 9.59 Å². The summed E-state index contributed by atoms with van der Waals surface area (Å²) in [6.45, 7) is 15.5. The number of urea groups is 1. The molecule has 21 heteroatoms. The van der Waals surface area contributed by atoms with Gasteiger partial charge in [-0.15, -0.1) is 0 Å². The molecule has 0 aliphatic carbocycles. The largest absolute Gasteiger partial charge is 0.444 e. The Balaban J connectivity index is 2.06. The molecule has 0 unspecified atom stereocenters. The Labute approximate surface area is 371 Å². The van der Waals surface area contributed by atoms with E-state index >= 15 is 0 Å². The van der Waals surface area contributed by atoms with Crippen LogP contribution < -0.4 is 32.3 Å². The van der Waals surface area contributed by atoms with Gasteiger partial charge in [0.2, 0.25) is 17.7 Å². The molecule has 8 N–H and O–H groups in total. The van der Waals surface area contributed by atoms with Crippen molar-refractivity contribution in [2.24, 2.45) is 11.7 Å². The summed E-state index contributed by atoms with van der Waals surface area (Å²) < 4.78 is 48.9. The zero-order valence-corrected chi connectivity index (χ0v) is 37.8. The van der Waals surface area contributed by atoms with Gasteiger partial charge < -0.3 is 80.1 Å². The van der Waals surface area contributed by atoms with Crippen LogP contribution in [0.5, 0.6) is 0 Å². The zero-order chi connectivity index (χ0) is 46.6. The predicted octanol–water partition coefficient (Wildman–Crippen LogP) is 1.24. The molecule has 2 atom stereocenters. The third kappa shape index (κ3) is 33.1. The molecule has 0 saturated heterocycles. The molecule has 1 aromatic rings. The van der Waals surface area contributed by atoms with Gasteiger partial charge in [0, 0.05) is 25.2 Å². The molecule has 21 nitrogen and oxygen atoms in total. The lowest BCUT2D eigenvalue weighted by Crippen LogP contribution is -2.54. The molecule has 0 aliphatic heterocycles. The summed E-state index contributed by atoms with van der Waals surface area (Å²) in [5.74, 6) is -1.70. The second kappa shape index (κ2) is 36.2. The van der Waals surface area contributed by atoms with E-state index in [1.165, 1.54) is 0 Å². The summed E-state index contributed by atoms with van der Waals surface area (Å²) >= 11 is 0. The second-order valence-corrected chi connectivity index (χ2v) is 15.2. The lowest BCUT2D eigenvalue weighted by molar-refractivity contribution is -0.132. The van der Waals surface area contributed by atoms with Crippen molar-refractivity contribution in [3.63, 3.8) is 0 Å². The highest BCUT2D eigenvalue weighted by atomic mass is 16.6. The van der Waals surface area contributed by atoms with E-state index in [-0.39, 0.29) is 45.1 Å². The highest BCUT2D eigenvalue weighted by molar-refractivity contribution is 5.98. The maximum atomic E-state index is 13.3. The van der Waals surface area contributed by atoms with Crippen LogP contribution in [0.15, 0.2) is 24.3 Å². The van der Waals surface area contributed by atoms with Crippen LogP contribution in [0.4, 0.5) is 15.3 Å². The number of nitrogens with one attached hydrogen (secondary N) is 5. The molecule has 0 fully saturated rings. The van der Waals surface area contributed by atoms with E-state index < -0.39 is 47.5 Å². The number of nitrogens with two attached hydrogens (primary N) is 1. The molecule has 0 heterocycles. The fourth-order valence-corrected chi connectivity index (χ4v) is 5.10. The first-order chi connectivity index (χ1) is 30.2. The molecule has 1 aromatic carbocycles. The fourth-order valence-electron chi connectivity index (χ4n) is 5.10. The highest BCUT2D eigenvalue weighted by Gasteiger charge is 2.29. The molecule has 6 amide bonds. The molecule has 0 spiro atoms. The Bertz CT molecular complexity index is 1380. The van der Waals surface area contributed by atoms with E-state index in [4.69, 9.17) is 48.4 Å². The number of amides is 6. The first-order valence-corrected chi connectivity index (χ1v) is 21.4. The maximum Gasteiger partial charge on any atom is 0.407 e. The normalized spacial score (nSPS) is 12.4. The van der Waals surface area contributed by atoms with Crippen LogP contribution in [0.2, 0.25) is 0 Å². The topological polar surface area (TPSA) is 275 Å². The molecular weight excluding hydrogens is 828 g/mol. The van der Waals surface area contributed by atoms with Crippen LogP contribution in [0.1, 0.15) is 59.4 Å². The van der Waals surface area contributed by atoms with Crippen molar-refractivity contribution in [3.8, 4) is 0 Å². The molecule has 0 aliphatic rings. The molecule has 1 rings (SSSR count). The minimum Gasteiger partial charge on any atom is -0.444 e. The van der Waals surface area contributed by atoms with Crippen LogP contribution in [0.25, 0.3) is 0 Å². The van der Waals surface area contributed by atoms with E-state index in [1.54, 1.807) is 58.9 Å². The van der Waals surface area contributed by atoms with Gasteiger partial charge in [0.05, 0.1) is 112 Å². The first kappa shape index (κ1) is 56.8. The summed E-state index contributed by atoms with van der Waals surface area (Å²) in [4.78, 5) is 61.8. The van der Waals surface area contributed by atoms with E-state index in [0.717, 1.165) is 0 Å². The van der Waals surface area contributed by atoms with E-state index in [9.17, 15) is 29.1 Å². The van der Waals surface area contributed by atoms with E-state index in [2.05, 4.69) is 26.6 Å². The highest BCUT2D eigenvalue weighted by Crippen LogP contribution is 2.12. The molecule has 0 saturated carbocycles. The van der Waals surface area contributed by atoms with E-state index in [1.807, 2.05) is 0 Å². The number of primary amides is 1. The van der Waals surface area contributed by atoms with Gasteiger partial charge in [-0.05, 0) is 57.2 Å². The molecule has 63 heavy (non-hydrogen) atoms. The lowest BCUT2D eigenvalue weighted by Gasteiger charge is -2.25. The summed E-state index contributed by atoms with van der Waals surface area (Å²) in [6, 6.07) is 4.01. The number of anilines is 1. The number of hydrogen-bond acceptors (Lipinski definition) is 15. The Morgan fingerprint density at radius 1 is 0.619 bits per heavy atom. The van der Waals surface area contributed by atoms with Gasteiger partial charge in [0.1, 0.15) is 17.7 Å². The number of benzene rings is 1. The Morgan fingerprint density at radius 2 is 1.08 bits per heavy atom. The van der Waals surface area contributed by atoms with Crippen molar-refractivity contribution < 1.29 is 71.7 Å². The Kier molecular flexibility index (Phi) is 32.6. The fraction of sp³-hybridized carbons (Fsp3) is 0.738. The van der Waals surface area contributed by atoms with Crippen molar-refractivity contribution in [2.75, 3.05) is 124 Å². The minimum absolute atomic E-state index is 0.0129. The van der Waals surface area contributed by atoms with Crippen molar-refractivity contribution in [1.82, 2.24) is 21.3 Å². The maximum absolute atomic E-state index is 13.3. The van der Waals surface area contributed by atoms with Crippen LogP contribution in [0, 0.1) is 5.92 Å². The summed E-state index contributed by atoms with van der Waals surface area (Å²) in [6.07, 6.45) is 0.0813. The van der Waals surface area contributed by atoms with Crippen LogP contribution >= 0.6 is 0 Å². The summed E-state index contributed by atoms with van der Waals surface area (Å²) in [5, 5.41) is 22.6. The number of alkyl carbamates (subject to hydrolysis) is 1. The number of rotatable bonds is 38. The average Bonchev–Trinajstić information content (AvgIpc) is 3.22. The van der Waals surface area contributed by atoms with Crippen molar-refractivity contribution in [2.45, 2.75) is 78.2 Å². The van der Waals surface area contributed by atoms with Crippen molar-refractivity contribution >= 4 is 35.5 Å². The Hall–Kier alpha value is -4.19. The number of aliphatic hydroxyl groups excluding tert-OH is 1. The van der Waals surface area contributed by atoms with Crippen LogP contribution in [0.3, 0.4) is 0 Å². The zero-order valence-electron chi connectivity index (χ0n) is 37.8. The molecule has 362 valence electrons. The first-order valence-electron chi connectivity index (χ1n) is 21.4. The number of ether oxygens (including phenoxy) is 9. The predicted molar refractivity (Wildman–Crippen MR) is 232 cm³/mol. The molecular formula is C42H74N6O15. The minimum atomic E-state index is -0.972. The standard InChI is InChI=1S/C42H74N6O15/c1-32(2)37(39(52)47-35(7-6-13-44-40(43)53)38(51)46-34-10-8-33(31-49)9-11-34)48-36(50)12-15-55-17-19-57-21-23-59-25-27-61-29-30-62-28-26-60-24-22-58-20-18-56-16-14-45-41(54)63-42(3,4)5/h8-11,32,35,37,49H,6-7,12-31H2,1-5H3,(H,45,54)(H,46,51)(H,47,52)(H,48,50)(H3,43,44,53)/t35-,37-/m0/s1. The lowest BCUT2D eigenvalue weighted by atomic mass is 10.0. The van der Waals surface area contributed by atoms with Gasteiger partial charge in [-0.2, -0.15) is 0 Å². The van der Waals surface area contributed by atoms with Crippen LogP contribution in [-0.4, -0.2) is 171 Å². The second-order valence-electron chi connectivity index (χ2n) is 15.2. The monoisotopic (exact) mass is 903 g/mol. The van der Waals surface area contributed by atoms with Gasteiger partial charge in [-0.1, -0.05) is 26.0 Å². The quantitative estimate of drug-likeness (QED) is 0.0460. The number of hydrogen-bond donors (Lipinski definition) is 7. The van der Waals surface area contributed by atoms with Crippen molar-refractivity contribution in [1.29, 1.82) is 0 Å². The van der Waals surface area contributed by atoms with Crippen molar-refractivity contribution in [3.05, 3.63) is 29.8 Å². The molecule has 0 bridgehead atoms. The number of carbonyl (C=O) groups excluding carboxylic acids is 5. The van der Waals surface area contributed by atoms with Crippen LogP contribution in [-0.2, 0) is 63.6 Å². The Morgan fingerprint density at radius 3 is 1.51 bits per heavy atom. The SMILES string of the molecule is CC(C)[C@H](NC(=O)CCOCCOCCOCCOCCOCCOCCOCCOCCNC(=O)OC(C)(C)C)C(=O)N[C@@H](CCCNC(N)=O)C(=O)Nc1ccc(CO)cc1. The van der Waals surface area contributed by atoms with Gasteiger partial charge in [0.25, 0.3) is 0 Å². The van der Waals surface area contributed by atoms with Gasteiger partial charge in [-0.3, -0.25) is 14.4 Å². The smallest absolute Gasteiger partial charge is 0.407 e. The number of carbonyl (C=O) groups is 5. The van der Waals surface area contributed by atoms with Gasteiger partial charge in [0.15, 0.2) is 0 Å². The van der Waals surface area contributed by atoms with Gasteiger partial charge >= 0.3 is 12.1 Å². The summed E-state index contributed by atoms with van der Waals surface area (Å²) in [7, 11) is 0. The van der Waals surface area contributed by atoms with E-state index in [0.29, 0.717) is 117 Å².